The first-order valence-electron chi connectivity index (χ1n) is 5.86. The van der Waals surface area contributed by atoms with Crippen LogP contribution in [-0.4, -0.2) is 12.1 Å². The predicted octanol–water partition coefficient (Wildman–Crippen LogP) is 3.13. The van der Waals surface area contributed by atoms with Crippen LogP contribution >= 0.6 is 11.3 Å². The highest BCUT2D eigenvalue weighted by atomic mass is 32.1. The molecule has 1 unspecified atom stereocenters. The van der Waals surface area contributed by atoms with Gasteiger partial charge in [-0.05, 0) is 31.9 Å². The number of hydrogen-bond donors (Lipinski definition) is 1. The van der Waals surface area contributed by atoms with E-state index in [1.54, 1.807) is 18.4 Å². The van der Waals surface area contributed by atoms with E-state index in [4.69, 9.17) is 10.5 Å². The molecule has 2 aromatic rings. The number of hydrogen-bond acceptors (Lipinski definition) is 4. The summed E-state index contributed by atoms with van der Waals surface area (Å²) in [5.41, 5.74) is 12.6. The maximum absolute atomic E-state index is 6.35. The maximum atomic E-state index is 6.35. The predicted molar refractivity (Wildman–Crippen MR) is 75.3 cm³/mol. The second-order valence-corrected chi connectivity index (χ2v) is 5.30. The summed E-state index contributed by atoms with van der Waals surface area (Å²) < 4.78 is 5.52. The van der Waals surface area contributed by atoms with Crippen molar-refractivity contribution in [2.45, 2.75) is 26.8 Å². The van der Waals surface area contributed by atoms with Crippen molar-refractivity contribution in [2.24, 2.45) is 5.73 Å². The number of nitrogens with two attached hydrogens (primary N) is 1. The summed E-state index contributed by atoms with van der Waals surface area (Å²) in [4.78, 5) is 5.35. The van der Waals surface area contributed by atoms with E-state index in [9.17, 15) is 0 Å². The smallest absolute Gasteiger partial charge is 0.127 e. The molecular formula is C14H18N2OS. The van der Waals surface area contributed by atoms with Gasteiger partial charge in [0.1, 0.15) is 5.75 Å². The van der Waals surface area contributed by atoms with Crippen LogP contribution in [0.3, 0.4) is 0 Å². The Morgan fingerprint density at radius 2 is 2.00 bits per heavy atom. The van der Waals surface area contributed by atoms with E-state index in [1.807, 2.05) is 18.5 Å². The fourth-order valence-electron chi connectivity index (χ4n) is 2.08. The average molecular weight is 262 g/mol. The summed E-state index contributed by atoms with van der Waals surface area (Å²) in [6, 6.07) is 3.96. The summed E-state index contributed by atoms with van der Waals surface area (Å²) in [5, 5.41) is 0. The van der Waals surface area contributed by atoms with Crippen molar-refractivity contribution < 1.29 is 4.74 Å². The van der Waals surface area contributed by atoms with Crippen molar-refractivity contribution in [3.05, 3.63) is 44.9 Å². The number of rotatable bonds is 3. The lowest BCUT2D eigenvalue weighted by Gasteiger charge is -2.18. The number of aryl methyl sites for hydroxylation is 2. The third-order valence-corrected chi connectivity index (χ3v) is 4.33. The summed E-state index contributed by atoms with van der Waals surface area (Å²) in [5.74, 6) is 0.885. The number of methoxy groups -OCH3 is 1. The molecule has 0 aliphatic carbocycles. The highest BCUT2D eigenvalue weighted by Crippen LogP contribution is 2.34. The second-order valence-electron chi connectivity index (χ2n) is 4.41. The minimum Gasteiger partial charge on any atom is -0.496 e. The molecule has 1 atom stereocenters. The van der Waals surface area contributed by atoms with Crippen molar-refractivity contribution in [3.8, 4) is 5.75 Å². The maximum Gasteiger partial charge on any atom is 0.127 e. The Morgan fingerprint density at radius 3 is 2.56 bits per heavy atom. The summed E-state index contributed by atoms with van der Waals surface area (Å²) in [6.45, 7) is 6.12. The second kappa shape index (κ2) is 5.08. The molecule has 2 rings (SSSR count). The van der Waals surface area contributed by atoms with Crippen molar-refractivity contribution in [3.63, 3.8) is 0 Å². The number of aromatic nitrogens is 1. The molecule has 0 radical (unpaired) electrons. The zero-order valence-electron chi connectivity index (χ0n) is 11.2. The molecule has 0 spiro atoms. The minimum atomic E-state index is -0.174. The molecule has 0 aliphatic rings. The third-order valence-electron chi connectivity index (χ3n) is 3.31. The average Bonchev–Trinajstić information content (AvgIpc) is 2.78. The van der Waals surface area contributed by atoms with Crippen molar-refractivity contribution >= 4 is 11.3 Å². The van der Waals surface area contributed by atoms with E-state index in [-0.39, 0.29) is 6.04 Å². The summed E-state index contributed by atoms with van der Waals surface area (Å²) >= 11 is 1.59. The zero-order chi connectivity index (χ0) is 13.3. The molecule has 4 heteroatoms. The molecule has 0 saturated carbocycles. The van der Waals surface area contributed by atoms with Crippen LogP contribution in [0.2, 0.25) is 0 Å². The van der Waals surface area contributed by atoms with Gasteiger partial charge in [-0.2, -0.15) is 0 Å². The highest BCUT2D eigenvalue weighted by molar-refractivity contribution is 7.09. The highest BCUT2D eigenvalue weighted by Gasteiger charge is 2.19. The molecule has 0 aliphatic heterocycles. The van der Waals surface area contributed by atoms with E-state index in [1.165, 1.54) is 5.56 Å². The number of benzene rings is 1. The monoisotopic (exact) mass is 262 g/mol. The normalized spacial score (nSPS) is 12.5. The van der Waals surface area contributed by atoms with Crippen LogP contribution in [0.1, 0.15) is 33.3 Å². The van der Waals surface area contributed by atoms with Crippen LogP contribution in [0.15, 0.2) is 17.6 Å². The van der Waals surface area contributed by atoms with Gasteiger partial charge in [0.05, 0.1) is 24.4 Å². The fraction of sp³-hybridized carbons (Fsp3) is 0.357. The van der Waals surface area contributed by atoms with Gasteiger partial charge in [0.2, 0.25) is 0 Å². The first-order valence-corrected chi connectivity index (χ1v) is 6.74. The standard InChI is InChI=1S/C14H18N2OS/c1-8-5-6-11(13(17-4)9(8)2)12(15)14-10(3)16-7-18-14/h5-7,12H,15H2,1-4H3. The lowest BCUT2D eigenvalue weighted by molar-refractivity contribution is 0.404. The van der Waals surface area contributed by atoms with E-state index >= 15 is 0 Å². The van der Waals surface area contributed by atoms with Crippen LogP contribution in [0.4, 0.5) is 0 Å². The lowest BCUT2D eigenvalue weighted by atomic mass is 9.98. The Morgan fingerprint density at radius 1 is 1.28 bits per heavy atom. The van der Waals surface area contributed by atoms with Gasteiger partial charge in [-0.25, -0.2) is 4.98 Å². The quantitative estimate of drug-likeness (QED) is 0.924. The summed E-state index contributed by atoms with van der Waals surface area (Å²) in [7, 11) is 1.69. The Bertz CT molecular complexity index is 563. The molecule has 3 nitrogen and oxygen atoms in total. The molecule has 1 aromatic heterocycles. The van der Waals surface area contributed by atoms with Gasteiger partial charge < -0.3 is 10.5 Å². The van der Waals surface area contributed by atoms with Crippen molar-refractivity contribution in [1.82, 2.24) is 4.98 Å². The van der Waals surface area contributed by atoms with E-state index in [0.29, 0.717) is 0 Å². The Balaban J connectivity index is 2.52. The Labute approximate surface area is 112 Å². The minimum absolute atomic E-state index is 0.174. The zero-order valence-corrected chi connectivity index (χ0v) is 12.0. The van der Waals surface area contributed by atoms with Gasteiger partial charge in [-0.3, -0.25) is 0 Å². The number of nitrogens with zero attached hydrogens (tertiary/aromatic N) is 1. The lowest BCUT2D eigenvalue weighted by Crippen LogP contribution is -2.13. The molecule has 1 aromatic carbocycles. The fourth-order valence-corrected chi connectivity index (χ4v) is 2.90. The molecular weight excluding hydrogens is 244 g/mol. The largest absolute Gasteiger partial charge is 0.496 e. The summed E-state index contributed by atoms with van der Waals surface area (Å²) in [6.07, 6.45) is 0. The number of ether oxygens (including phenoxy) is 1. The molecule has 0 saturated heterocycles. The third kappa shape index (κ3) is 2.13. The Kier molecular flexibility index (Phi) is 3.68. The van der Waals surface area contributed by atoms with Crippen LogP contribution in [0.5, 0.6) is 5.75 Å². The SMILES string of the molecule is COc1c(C(N)c2scnc2C)ccc(C)c1C. The number of thiazole rings is 1. The molecule has 96 valence electrons. The topological polar surface area (TPSA) is 48.1 Å². The van der Waals surface area contributed by atoms with Gasteiger partial charge >= 0.3 is 0 Å². The van der Waals surface area contributed by atoms with Gasteiger partial charge in [-0.1, -0.05) is 12.1 Å². The van der Waals surface area contributed by atoms with Gasteiger partial charge in [-0.15, -0.1) is 11.3 Å². The molecule has 0 fully saturated rings. The van der Waals surface area contributed by atoms with Gasteiger partial charge in [0, 0.05) is 10.4 Å². The molecule has 18 heavy (non-hydrogen) atoms. The van der Waals surface area contributed by atoms with Crippen molar-refractivity contribution in [2.75, 3.05) is 7.11 Å². The van der Waals surface area contributed by atoms with Crippen LogP contribution < -0.4 is 10.5 Å². The van der Waals surface area contributed by atoms with Gasteiger partial charge in [0.15, 0.2) is 0 Å². The van der Waals surface area contributed by atoms with Gasteiger partial charge in [0.25, 0.3) is 0 Å². The Hall–Kier alpha value is -1.39. The van der Waals surface area contributed by atoms with E-state index in [2.05, 4.69) is 24.9 Å². The van der Waals surface area contributed by atoms with Crippen LogP contribution in [-0.2, 0) is 0 Å². The first-order chi connectivity index (χ1) is 8.56. The first kappa shape index (κ1) is 13.1. The molecule has 1 heterocycles. The molecule has 2 N–H and O–H groups in total. The van der Waals surface area contributed by atoms with E-state index in [0.717, 1.165) is 27.4 Å². The molecule has 0 bridgehead atoms. The van der Waals surface area contributed by atoms with Crippen LogP contribution in [0.25, 0.3) is 0 Å². The molecule has 0 amide bonds. The van der Waals surface area contributed by atoms with Crippen LogP contribution in [0, 0.1) is 20.8 Å². The van der Waals surface area contributed by atoms with E-state index < -0.39 is 0 Å². The van der Waals surface area contributed by atoms with Crippen molar-refractivity contribution in [1.29, 1.82) is 0 Å².